The maximum absolute atomic E-state index is 12.1. The number of carboxylic acid groups (broad SMARTS) is 1. The Bertz CT molecular complexity index is 956. The molecule has 4 rings (SSSR count). The Morgan fingerprint density at radius 3 is 2.41 bits per heavy atom. The second-order valence-electron chi connectivity index (χ2n) is 8.32. The van der Waals surface area contributed by atoms with Crippen LogP contribution in [0.1, 0.15) is 31.3 Å². The smallest absolute Gasteiger partial charge is 0.332 e. The number of rotatable bonds is 8. The molecule has 2 N–H and O–H groups in total. The zero-order valence-electron chi connectivity index (χ0n) is 19.0. The van der Waals surface area contributed by atoms with Gasteiger partial charge in [0.05, 0.1) is 13.2 Å². The van der Waals surface area contributed by atoms with E-state index in [1.807, 2.05) is 60.7 Å². The van der Waals surface area contributed by atoms with Crippen molar-refractivity contribution in [2.75, 3.05) is 6.61 Å². The van der Waals surface area contributed by atoms with Crippen LogP contribution in [0, 0.1) is 0 Å². The van der Waals surface area contributed by atoms with Gasteiger partial charge in [0.15, 0.2) is 18.7 Å². The quantitative estimate of drug-likeness (QED) is 0.604. The summed E-state index contributed by atoms with van der Waals surface area (Å²) in [5.41, 5.74) is 1.73. The molecule has 182 valence electrons. The van der Waals surface area contributed by atoms with Gasteiger partial charge >= 0.3 is 5.97 Å². The predicted octanol–water partition coefficient (Wildman–Crippen LogP) is 2.41. The van der Waals surface area contributed by atoms with Crippen molar-refractivity contribution in [3.05, 3.63) is 71.8 Å². The molecule has 2 heterocycles. The van der Waals surface area contributed by atoms with Crippen LogP contribution in [0.2, 0.25) is 0 Å². The summed E-state index contributed by atoms with van der Waals surface area (Å²) in [6.45, 7) is 3.22. The van der Waals surface area contributed by atoms with E-state index in [1.165, 1.54) is 13.8 Å². The average Bonchev–Trinajstić information content (AvgIpc) is 2.84. The molecule has 0 bridgehead atoms. The topological polar surface area (TPSA) is 113 Å². The van der Waals surface area contributed by atoms with Gasteiger partial charge in [-0.1, -0.05) is 60.7 Å². The van der Waals surface area contributed by atoms with Crippen LogP contribution in [0.3, 0.4) is 0 Å². The molecular weight excluding hydrogens is 442 g/mol. The van der Waals surface area contributed by atoms with E-state index in [9.17, 15) is 14.7 Å². The molecule has 2 saturated heterocycles. The van der Waals surface area contributed by atoms with Crippen molar-refractivity contribution in [3.63, 3.8) is 0 Å². The standard InChI is InChI=1S/C25H29NO8/c1-15(23(28)29)32-22-20(26-16(2)27)25(30-13-17-9-5-3-6-10-17)33-19-14-31-24(34-21(19)22)18-11-7-4-8-12-18/h3-12,15,19-22,24-25H,13-14H2,1-2H3,(H,26,27)(H,28,29)/t15-,19+,20+,21+,22-,24-,25-/m1/s1. The molecule has 2 aromatic carbocycles. The molecule has 34 heavy (non-hydrogen) atoms. The van der Waals surface area contributed by atoms with Gasteiger partial charge in [0.25, 0.3) is 0 Å². The van der Waals surface area contributed by atoms with Crippen LogP contribution in [0.5, 0.6) is 0 Å². The van der Waals surface area contributed by atoms with Crippen molar-refractivity contribution in [2.45, 2.75) is 63.5 Å². The fourth-order valence-corrected chi connectivity index (χ4v) is 4.09. The van der Waals surface area contributed by atoms with Gasteiger partial charge in [-0.05, 0) is 12.5 Å². The second-order valence-corrected chi connectivity index (χ2v) is 8.32. The third-order valence-corrected chi connectivity index (χ3v) is 5.75. The summed E-state index contributed by atoms with van der Waals surface area (Å²) in [7, 11) is 0. The molecule has 0 saturated carbocycles. The van der Waals surface area contributed by atoms with E-state index < -0.39 is 49.0 Å². The second kappa shape index (κ2) is 11.1. The summed E-state index contributed by atoms with van der Waals surface area (Å²) in [6.07, 6.45) is -4.87. The Kier molecular flexibility index (Phi) is 7.91. The predicted molar refractivity (Wildman–Crippen MR) is 119 cm³/mol. The first kappa shape index (κ1) is 24.3. The van der Waals surface area contributed by atoms with Gasteiger partial charge in [-0.3, -0.25) is 4.79 Å². The average molecular weight is 472 g/mol. The number of nitrogens with one attached hydrogen (secondary N) is 1. The van der Waals surface area contributed by atoms with Crippen LogP contribution >= 0.6 is 0 Å². The summed E-state index contributed by atoms with van der Waals surface area (Å²) in [4.78, 5) is 23.7. The van der Waals surface area contributed by atoms with Crippen molar-refractivity contribution in [3.8, 4) is 0 Å². The number of aliphatic carboxylic acids is 1. The van der Waals surface area contributed by atoms with Crippen LogP contribution < -0.4 is 5.32 Å². The van der Waals surface area contributed by atoms with Crippen molar-refractivity contribution in [2.24, 2.45) is 0 Å². The number of ether oxygens (including phenoxy) is 5. The van der Waals surface area contributed by atoms with Crippen LogP contribution in [0.25, 0.3) is 0 Å². The van der Waals surface area contributed by atoms with E-state index in [0.717, 1.165) is 11.1 Å². The number of carbonyl (C=O) groups is 2. The van der Waals surface area contributed by atoms with Crippen molar-refractivity contribution < 1.29 is 38.4 Å². The fraction of sp³-hybridized carbons (Fsp3) is 0.440. The van der Waals surface area contributed by atoms with Gasteiger partial charge < -0.3 is 34.1 Å². The van der Waals surface area contributed by atoms with Gasteiger partial charge in [0, 0.05) is 12.5 Å². The van der Waals surface area contributed by atoms with E-state index in [4.69, 9.17) is 23.7 Å². The van der Waals surface area contributed by atoms with Crippen LogP contribution in [0.4, 0.5) is 0 Å². The zero-order valence-corrected chi connectivity index (χ0v) is 19.0. The lowest BCUT2D eigenvalue weighted by atomic mass is 9.95. The van der Waals surface area contributed by atoms with Gasteiger partial charge in [-0.25, -0.2) is 4.79 Å². The number of fused-ring (bicyclic) bond motifs is 1. The highest BCUT2D eigenvalue weighted by atomic mass is 16.8. The first-order valence-electron chi connectivity index (χ1n) is 11.2. The highest BCUT2D eigenvalue weighted by Crippen LogP contribution is 2.36. The summed E-state index contributed by atoms with van der Waals surface area (Å²) in [5.74, 6) is -1.46. The molecule has 1 amide bonds. The van der Waals surface area contributed by atoms with Crippen molar-refractivity contribution in [1.29, 1.82) is 0 Å². The summed E-state index contributed by atoms with van der Waals surface area (Å²) in [6, 6.07) is 18.1. The molecule has 2 aromatic rings. The molecule has 7 atom stereocenters. The zero-order chi connectivity index (χ0) is 24.1. The third kappa shape index (κ3) is 5.81. The number of hydrogen-bond acceptors (Lipinski definition) is 7. The molecule has 2 fully saturated rings. The lowest BCUT2D eigenvalue weighted by molar-refractivity contribution is -0.351. The van der Waals surface area contributed by atoms with Crippen LogP contribution in [-0.2, 0) is 39.9 Å². The van der Waals surface area contributed by atoms with Gasteiger partial charge in [-0.15, -0.1) is 0 Å². The minimum Gasteiger partial charge on any atom is -0.479 e. The summed E-state index contributed by atoms with van der Waals surface area (Å²) in [5, 5.41) is 12.3. The van der Waals surface area contributed by atoms with E-state index in [-0.39, 0.29) is 19.1 Å². The van der Waals surface area contributed by atoms with Gasteiger partial charge in [0.2, 0.25) is 5.91 Å². The number of hydrogen-bond donors (Lipinski definition) is 2. The lowest BCUT2D eigenvalue weighted by Gasteiger charge is -2.49. The molecule has 0 unspecified atom stereocenters. The molecule has 2 aliphatic rings. The van der Waals surface area contributed by atoms with E-state index in [0.29, 0.717) is 0 Å². The highest BCUT2D eigenvalue weighted by molar-refractivity contribution is 5.73. The van der Waals surface area contributed by atoms with Crippen LogP contribution in [0.15, 0.2) is 60.7 Å². The Hall–Kier alpha value is -2.82. The minimum atomic E-state index is -1.14. The third-order valence-electron chi connectivity index (χ3n) is 5.75. The normalized spacial score (nSPS) is 29.6. The molecule has 0 radical (unpaired) electrons. The maximum atomic E-state index is 12.1. The largest absolute Gasteiger partial charge is 0.479 e. The lowest BCUT2D eigenvalue weighted by Crippen LogP contribution is -2.67. The molecular formula is C25H29NO8. The number of benzene rings is 2. The molecule has 2 aliphatic heterocycles. The monoisotopic (exact) mass is 471 g/mol. The Morgan fingerprint density at radius 1 is 1.09 bits per heavy atom. The molecule has 9 nitrogen and oxygen atoms in total. The SMILES string of the molecule is CC(=O)N[C@@H]1[C@H](OCc2ccccc2)O[C@H]2CO[C@@H](c3ccccc3)O[C@@H]2[C@@H]1O[C@H](C)C(=O)O. The van der Waals surface area contributed by atoms with E-state index >= 15 is 0 Å². The molecule has 0 aliphatic carbocycles. The van der Waals surface area contributed by atoms with Gasteiger partial charge in [-0.2, -0.15) is 0 Å². The first-order valence-corrected chi connectivity index (χ1v) is 11.2. The minimum absolute atomic E-state index is 0.184. The van der Waals surface area contributed by atoms with Gasteiger partial charge in [0.1, 0.15) is 24.4 Å². The number of carbonyl (C=O) groups excluding carboxylic acids is 1. The molecule has 0 aromatic heterocycles. The number of amides is 1. The van der Waals surface area contributed by atoms with Crippen molar-refractivity contribution in [1.82, 2.24) is 5.32 Å². The van der Waals surface area contributed by atoms with Crippen LogP contribution in [-0.4, -0.2) is 60.3 Å². The summed E-state index contributed by atoms with van der Waals surface area (Å²) >= 11 is 0. The van der Waals surface area contributed by atoms with Crippen molar-refractivity contribution >= 4 is 11.9 Å². The van der Waals surface area contributed by atoms with E-state index in [1.54, 1.807) is 0 Å². The first-order chi connectivity index (χ1) is 16.4. The molecule has 0 spiro atoms. The number of carboxylic acids is 1. The molecule has 9 heteroatoms. The maximum Gasteiger partial charge on any atom is 0.332 e. The Labute approximate surface area is 197 Å². The van der Waals surface area contributed by atoms with E-state index in [2.05, 4.69) is 5.32 Å². The summed E-state index contributed by atoms with van der Waals surface area (Å²) < 4.78 is 30.3. The Balaban J connectivity index is 1.59. The highest BCUT2D eigenvalue weighted by Gasteiger charge is 2.52. The Morgan fingerprint density at radius 2 is 1.76 bits per heavy atom. The fourth-order valence-electron chi connectivity index (χ4n) is 4.09.